The minimum Gasteiger partial charge on any atom is -0.489 e. The van der Waals surface area contributed by atoms with Gasteiger partial charge in [0.05, 0.1) is 15.5 Å². The fraction of sp³-hybridized carbons (Fsp3) is 0.0435. The first-order valence-corrected chi connectivity index (χ1v) is 9.71. The summed E-state index contributed by atoms with van der Waals surface area (Å²) in [6.45, 7) is 0.210. The van der Waals surface area contributed by atoms with Gasteiger partial charge in [-0.3, -0.25) is 10.1 Å². The van der Waals surface area contributed by atoms with Crippen molar-refractivity contribution in [1.29, 1.82) is 0 Å². The number of rotatable bonds is 6. The van der Waals surface area contributed by atoms with Gasteiger partial charge in [0.2, 0.25) is 5.90 Å². The number of nitrogens with zero attached hydrogens (tertiary/aromatic N) is 2. The third kappa shape index (κ3) is 4.81. The van der Waals surface area contributed by atoms with Gasteiger partial charge in [0.15, 0.2) is 5.70 Å². The maximum atomic E-state index is 13.2. The number of hydrogen-bond donors (Lipinski definition) is 0. The Morgan fingerprint density at radius 3 is 2.62 bits per heavy atom. The molecule has 0 aromatic heterocycles. The molecule has 1 aliphatic rings. The lowest BCUT2D eigenvalue weighted by molar-refractivity contribution is -0.384. The Labute approximate surface area is 186 Å². The third-order valence-electron chi connectivity index (χ3n) is 4.49. The van der Waals surface area contributed by atoms with Crippen LogP contribution in [0, 0.1) is 15.9 Å². The number of non-ortho nitro benzene ring substituents is 1. The molecule has 0 unspecified atom stereocenters. The van der Waals surface area contributed by atoms with Gasteiger partial charge in [-0.05, 0) is 47.5 Å². The summed E-state index contributed by atoms with van der Waals surface area (Å²) in [5.74, 6) is -0.570. The van der Waals surface area contributed by atoms with Crippen molar-refractivity contribution < 1.29 is 23.6 Å². The van der Waals surface area contributed by atoms with Gasteiger partial charge in [-0.15, -0.1) is 0 Å². The Morgan fingerprint density at radius 1 is 1.12 bits per heavy atom. The van der Waals surface area contributed by atoms with E-state index in [1.165, 1.54) is 36.4 Å². The highest BCUT2D eigenvalue weighted by Gasteiger charge is 2.27. The summed E-state index contributed by atoms with van der Waals surface area (Å²) in [6.07, 6.45) is 1.51. The molecule has 0 atom stereocenters. The highest BCUT2D eigenvalue weighted by molar-refractivity contribution is 6.34. The van der Waals surface area contributed by atoms with Crippen LogP contribution in [0.3, 0.4) is 0 Å². The van der Waals surface area contributed by atoms with Crippen LogP contribution in [0.1, 0.15) is 16.7 Å². The summed E-state index contributed by atoms with van der Waals surface area (Å²) in [6, 6.07) is 16.8. The fourth-order valence-corrected chi connectivity index (χ4v) is 3.13. The minimum atomic E-state index is -0.700. The summed E-state index contributed by atoms with van der Waals surface area (Å²) in [7, 11) is 0. The first-order chi connectivity index (χ1) is 15.4. The number of carbonyl (C=O) groups is 1. The summed E-state index contributed by atoms with van der Waals surface area (Å²) in [5, 5.41) is 11.2. The molecule has 0 saturated heterocycles. The van der Waals surface area contributed by atoms with Gasteiger partial charge in [0, 0.05) is 12.1 Å². The maximum Gasteiger partial charge on any atom is 0.363 e. The van der Waals surface area contributed by atoms with Crippen LogP contribution < -0.4 is 4.74 Å². The molecule has 0 amide bonds. The minimum absolute atomic E-state index is 0.0241. The zero-order chi connectivity index (χ0) is 22.7. The Bertz CT molecular complexity index is 1270. The normalized spacial score (nSPS) is 14.2. The molecule has 7 nitrogen and oxygen atoms in total. The van der Waals surface area contributed by atoms with Gasteiger partial charge >= 0.3 is 5.97 Å². The van der Waals surface area contributed by atoms with Crippen LogP contribution in [-0.2, 0) is 16.1 Å². The largest absolute Gasteiger partial charge is 0.489 e. The second kappa shape index (κ2) is 8.99. The van der Waals surface area contributed by atoms with Gasteiger partial charge in [-0.1, -0.05) is 35.9 Å². The Kier molecular flexibility index (Phi) is 5.96. The van der Waals surface area contributed by atoms with Crippen LogP contribution >= 0.6 is 11.6 Å². The second-order valence-electron chi connectivity index (χ2n) is 6.74. The number of aliphatic imine (C=N–C) groups is 1. The molecule has 0 bridgehead atoms. The molecule has 32 heavy (non-hydrogen) atoms. The molecule has 0 radical (unpaired) electrons. The first-order valence-electron chi connectivity index (χ1n) is 9.33. The number of halogens is 2. The number of cyclic esters (lactones) is 1. The quantitative estimate of drug-likeness (QED) is 0.219. The molecule has 9 heteroatoms. The van der Waals surface area contributed by atoms with Crippen LogP contribution in [0.5, 0.6) is 5.75 Å². The zero-order valence-corrected chi connectivity index (χ0v) is 17.1. The number of nitro groups is 1. The first kappa shape index (κ1) is 21.2. The molecule has 0 aliphatic carbocycles. The molecule has 3 aromatic rings. The molecule has 3 aromatic carbocycles. The molecule has 0 saturated carbocycles. The highest BCUT2D eigenvalue weighted by Crippen LogP contribution is 2.27. The summed E-state index contributed by atoms with van der Waals surface area (Å²) < 4.78 is 24.0. The number of esters is 1. The number of ether oxygens (including phenoxy) is 2. The van der Waals surface area contributed by atoms with E-state index in [4.69, 9.17) is 21.1 Å². The number of benzene rings is 3. The second-order valence-corrected chi connectivity index (χ2v) is 7.15. The van der Waals surface area contributed by atoms with Gasteiger partial charge in [-0.2, -0.15) is 0 Å². The Hall–Kier alpha value is -4.04. The lowest BCUT2D eigenvalue weighted by atomic mass is 10.2. The van der Waals surface area contributed by atoms with Crippen molar-refractivity contribution in [2.24, 2.45) is 4.99 Å². The summed E-state index contributed by atoms with van der Waals surface area (Å²) >= 11 is 6.09. The lowest BCUT2D eigenvalue weighted by Gasteiger charge is -2.06. The molecule has 160 valence electrons. The molecular weight excluding hydrogens is 439 g/mol. The monoisotopic (exact) mass is 452 g/mol. The van der Waals surface area contributed by atoms with Crippen molar-refractivity contribution >= 4 is 35.2 Å². The van der Waals surface area contributed by atoms with Crippen molar-refractivity contribution in [3.8, 4) is 5.75 Å². The molecular formula is C23H14ClFN2O5. The molecule has 1 heterocycles. The molecule has 0 spiro atoms. The lowest BCUT2D eigenvalue weighted by Crippen LogP contribution is -2.06. The molecule has 0 fully saturated rings. The zero-order valence-electron chi connectivity index (χ0n) is 16.3. The molecule has 4 rings (SSSR count). The van der Waals surface area contributed by atoms with Crippen molar-refractivity contribution in [2.45, 2.75) is 6.61 Å². The predicted molar refractivity (Wildman–Crippen MR) is 116 cm³/mol. The third-order valence-corrected chi connectivity index (χ3v) is 4.82. The van der Waals surface area contributed by atoms with Gasteiger partial charge in [0.1, 0.15) is 18.2 Å². The predicted octanol–water partition coefficient (Wildman–Crippen LogP) is 5.31. The van der Waals surface area contributed by atoms with Crippen LogP contribution in [-0.4, -0.2) is 16.8 Å². The fourth-order valence-electron chi connectivity index (χ4n) is 2.93. The summed E-state index contributed by atoms with van der Waals surface area (Å²) in [4.78, 5) is 26.8. The van der Waals surface area contributed by atoms with E-state index in [1.807, 2.05) is 0 Å². The van der Waals surface area contributed by atoms with Crippen molar-refractivity contribution in [3.05, 3.63) is 110 Å². The van der Waals surface area contributed by atoms with Crippen LogP contribution in [0.15, 0.2) is 77.4 Å². The van der Waals surface area contributed by atoms with Crippen LogP contribution in [0.25, 0.3) is 6.08 Å². The van der Waals surface area contributed by atoms with E-state index in [9.17, 15) is 19.3 Å². The van der Waals surface area contributed by atoms with Crippen molar-refractivity contribution in [2.75, 3.05) is 0 Å². The van der Waals surface area contributed by atoms with Gasteiger partial charge in [-0.25, -0.2) is 14.2 Å². The number of hydrogen-bond acceptors (Lipinski definition) is 6. The molecule has 0 N–H and O–H groups in total. The van der Waals surface area contributed by atoms with E-state index in [0.29, 0.717) is 16.9 Å². The smallest absolute Gasteiger partial charge is 0.363 e. The highest BCUT2D eigenvalue weighted by atomic mass is 35.5. The van der Waals surface area contributed by atoms with E-state index in [2.05, 4.69) is 4.99 Å². The maximum absolute atomic E-state index is 13.2. The topological polar surface area (TPSA) is 91.0 Å². The van der Waals surface area contributed by atoms with Gasteiger partial charge < -0.3 is 9.47 Å². The van der Waals surface area contributed by atoms with E-state index < -0.39 is 10.9 Å². The Balaban J connectivity index is 1.50. The average Bonchev–Trinajstić information content (AvgIpc) is 3.13. The average molecular weight is 453 g/mol. The standard InChI is InChI=1S/C23H14ClFN2O5/c24-20-9-6-17(27(29)30)12-19(20)22-26-21(23(28)32-22)11-14-4-7-18(8-5-14)31-13-15-2-1-3-16(25)10-15/h1-12H,13H2/b21-11-. The molecule has 1 aliphatic heterocycles. The van der Waals surface area contributed by atoms with Gasteiger partial charge in [0.25, 0.3) is 5.69 Å². The van der Waals surface area contributed by atoms with E-state index in [1.54, 1.807) is 36.4 Å². The van der Waals surface area contributed by atoms with Crippen molar-refractivity contribution in [3.63, 3.8) is 0 Å². The van der Waals surface area contributed by atoms with E-state index >= 15 is 0 Å². The SMILES string of the molecule is O=C1OC(c2cc([N+](=O)[O-])ccc2Cl)=N/C1=C\c1ccc(OCc2cccc(F)c2)cc1. The number of nitro benzene ring substituents is 1. The number of carbonyl (C=O) groups excluding carboxylic acids is 1. The van der Waals surface area contributed by atoms with Crippen LogP contribution in [0.2, 0.25) is 5.02 Å². The van der Waals surface area contributed by atoms with Crippen LogP contribution in [0.4, 0.5) is 10.1 Å². The van der Waals surface area contributed by atoms with E-state index in [0.717, 1.165) is 0 Å². The summed E-state index contributed by atoms with van der Waals surface area (Å²) in [5.41, 5.74) is 1.33. The Morgan fingerprint density at radius 2 is 1.91 bits per heavy atom. The van der Waals surface area contributed by atoms with E-state index in [-0.39, 0.29) is 40.3 Å². The van der Waals surface area contributed by atoms with Crippen molar-refractivity contribution in [1.82, 2.24) is 0 Å².